The number of nitrogens with zero attached hydrogens (tertiary/aromatic N) is 1. The largest absolute Gasteiger partial charge is 0.396 e. The van der Waals surface area contributed by atoms with Gasteiger partial charge in [-0.15, -0.1) is 0 Å². The number of nitrogen functional groups attached to an aromatic ring is 1. The summed E-state index contributed by atoms with van der Waals surface area (Å²) < 4.78 is 12.9. The molecular weight excluding hydrogens is 155 g/mol. The topological polar surface area (TPSA) is 38.9 Å². The highest BCUT2D eigenvalue weighted by Gasteiger charge is 2.01. The molecule has 60 valence electrons. The van der Waals surface area contributed by atoms with Crippen molar-refractivity contribution in [2.75, 3.05) is 5.73 Å². The number of aromatic nitrogens is 1. The second-order valence-electron chi connectivity index (χ2n) is 2.56. The minimum absolute atomic E-state index is 0.190. The molecule has 1 heterocycles. The first-order chi connectivity index (χ1) is 5.79. The van der Waals surface area contributed by atoms with E-state index in [1.165, 1.54) is 6.07 Å². The highest BCUT2D eigenvalue weighted by atomic mass is 19.1. The number of hydrogen-bond acceptors (Lipinski definition) is 2. The van der Waals surface area contributed by atoms with E-state index in [0.29, 0.717) is 5.39 Å². The molecule has 0 bridgehead atoms. The van der Waals surface area contributed by atoms with E-state index in [0.717, 1.165) is 5.39 Å². The molecule has 0 aliphatic rings. The molecule has 1 aromatic carbocycles. The summed E-state index contributed by atoms with van der Waals surface area (Å²) in [5, 5.41) is 1.57. The number of anilines is 1. The van der Waals surface area contributed by atoms with Gasteiger partial charge in [-0.3, -0.25) is 4.98 Å². The Kier molecular flexibility index (Phi) is 1.43. The van der Waals surface area contributed by atoms with Crippen molar-refractivity contribution in [1.82, 2.24) is 4.98 Å². The van der Waals surface area contributed by atoms with Crippen molar-refractivity contribution in [1.29, 1.82) is 0 Å². The van der Waals surface area contributed by atoms with Gasteiger partial charge in [0.15, 0.2) is 0 Å². The van der Waals surface area contributed by atoms with Crippen LogP contribution < -0.4 is 5.73 Å². The normalized spacial score (nSPS) is 10.4. The summed E-state index contributed by atoms with van der Waals surface area (Å²) in [7, 11) is 0. The molecule has 0 saturated heterocycles. The van der Waals surface area contributed by atoms with Crippen molar-refractivity contribution >= 4 is 16.5 Å². The van der Waals surface area contributed by atoms with Gasteiger partial charge in [0.2, 0.25) is 0 Å². The Morgan fingerprint density at radius 3 is 2.92 bits per heavy atom. The summed E-state index contributed by atoms with van der Waals surface area (Å²) in [6.07, 6.45) is 3.25. The van der Waals surface area contributed by atoms with Crippen LogP contribution in [0.5, 0.6) is 0 Å². The fraction of sp³-hybridized carbons (Fsp3) is 0. The Morgan fingerprint density at radius 2 is 2.08 bits per heavy atom. The smallest absolute Gasteiger partial charge is 0.146 e. The van der Waals surface area contributed by atoms with Crippen LogP contribution in [-0.2, 0) is 0 Å². The van der Waals surface area contributed by atoms with E-state index in [4.69, 9.17) is 5.73 Å². The van der Waals surface area contributed by atoms with E-state index in [2.05, 4.69) is 4.98 Å². The Bertz CT molecular complexity index is 426. The van der Waals surface area contributed by atoms with Gasteiger partial charge in [-0.05, 0) is 18.2 Å². The summed E-state index contributed by atoms with van der Waals surface area (Å²) >= 11 is 0. The fourth-order valence-electron chi connectivity index (χ4n) is 1.17. The van der Waals surface area contributed by atoms with Gasteiger partial charge in [-0.1, -0.05) is 0 Å². The summed E-state index contributed by atoms with van der Waals surface area (Å²) in [6.45, 7) is 0. The van der Waals surface area contributed by atoms with Crippen LogP contribution >= 0.6 is 0 Å². The molecule has 12 heavy (non-hydrogen) atoms. The maximum Gasteiger partial charge on any atom is 0.146 e. The van der Waals surface area contributed by atoms with Crippen molar-refractivity contribution in [3.05, 3.63) is 36.4 Å². The number of hydrogen-bond donors (Lipinski definition) is 1. The molecule has 0 saturated carbocycles. The SMILES string of the molecule is Nc1c(F)ccc2cnccc12. The lowest BCUT2D eigenvalue weighted by molar-refractivity contribution is 0.634. The zero-order chi connectivity index (χ0) is 8.55. The molecule has 0 unspecified atom stereocenters. The standard InChI is InChI=1S/C9H7FN2/c10-8-2-1-6-5-12-4-3-7(6)9(8)11/h1-5H,11H2. The zero-order valence-corrected chi connectivity index (χ0v) is 6.29. The average molecular weight is 162 g/mol. The number of fused-ring (bicyclic) bond motifs is 1. The van der Waals surface area contributed by atoms with Gasteiger partial charge in [0.25, 0.3) is 0 Å². The van der Waals surface area contributed by atoms with Gasteiger partial charge in [0.05, 0.1) is 5.69 Å². The van der Waals surface area contributed by atoms with E-state index in [-0.39, 0.29) is 11.5 Å². The number of pyridine rings is 1. The van der Waals surface area contributed by atoms with Gasteiger partial charge >= 0.3 is 0 Å². The van der Waals surface area contributed by atoms with Crippen LogP contribution in [0.4, 0.5) is 10.1 Å². The van der Waals surface area contributed by atoms with Crippen LogP contribution in [0.3, 0.4) is 0 Å². The third-order valence-electron chi connectivity index (χ3n) is 1.81. The Balaban J connectivity index is 2.91. The van der Waals surface area contributed by atoms with Crippen LogP contribution in [0, 0.1) is 5.82 Å². The predicted molar refractivity (Wildman–Crippen MR) is 46.1 cm³/mol. The number of rotatable bonds is 0. The fourth-order valence-corrected chi connectivity index (χ4v) is 1.17. The van der Waals surface area contributed by atoms with Crippen LogP contribution in [0.2, 0.25) is 0 Å². The quantitative estimate of drug-likeness (QED) is 0.601. The van der Waals surface area contributed by atoms with Crippen LogP contribution in [0.25, 0.3) is 10.8 Å². The molecule has 2 N–H and O–H groups in total. The first kappa shape index (κ1) is 7.03. The first-order valence-corrected chi connectivity index (χ1v) is 3.57. The summed E-state index contributed by atoms with van der Waals surface area (Å²) in [6, 6.07) is 4.71. The minimum Gasteiger partial charge on any atom is -0.396 e. The molecule has 0 aliphatic heterocycles. The van der Waals surface area contributed by atoms with E-state index >= 15 is 0 Å². The van der Waals surface area contributed by atoms with Gasteiger partial charge in [0.1, 0.15) is 5.82 Å². The Labute approximate surface area is 68.8 Å². The molecule has 0 amide bonds. The molecule has 2 nitrogen and oxygen atoms in total. The molecule has 0 atom stereocenters. The van der Waals surface area contributed by atoms with E-state index < -0.39 is 0 Å². The maximum absolute atomic E-state index is 12.9. The first-order valence-electron chi connectivity index (χ1n) is 3.57. The zero-order valence-electron chi connectivity index (χ0n) is 6.29. The second kappa shape index (κ2) is 2.44. The lowest BCUT2D eigenvalue weighted by atomic mass is 10.1. The van der Waals surface area contributed by atoms with Gasteiger partial charge < -0.3 is 5.73 Å². The van der Waals surface area contributed by atoms with Gasteiger partial charge in [-0.25, -0.2) is 4.39 Å². The number of nitrogens with two attached hydrogens (primary N) is 1. The molecule has 2 rings (SSSR count). The van der Waals surface area contributed by atoms with Crippen molar-refractivity contribution in [2.45, 2.75) is 0 Å². The molecule has 1 aromatic heterocycles. The molecule has 3 heteroatoms. The van der Waals surface area contributed by atoms with Crippen LogP contribution in [0.15, 0.2) is 30.6 Å². The summed E-state index contributed by atoms with van der Waals surface area (Å²) in [5.74, 6) is -0.381. The van der Waals surface area contributed by atoms with Crippen molar-refractivity contribution in [3.63, 3.8) is 0 Å². The van der Waals surface area contributed by atoms with Crippen molar-refractivity contribution in [3.8, 4) is 0 Å². The molecule has 0 spiro atoms. The molecule has 0 aliphatic carbocycles. The lowest BCUT2D eigenvalue weighted by Crippen LogP contribution is -1.91. The number of halogens is 1. The Morgan fingerprint density at radius 1 is 1.25 bits per heavy atom. The van der Waals surface area contributed by atoms with Gasteiger partial charge in [0, 0.05) is 23.2 Å². The third-order valence-corrected chi connectivity index (χ3v) is 1.81. The third kappa shape index (κ3) is 0.906. The van der Waals surface area contributed by atoms with Gasteiger partial charge in [-0.2, -0.15) is 0 Å². The van der Waals surface area contributed by atoms with Crippen molar-refractivity contribution in [2.24, 2.45) is 0 Å². The van der Waals surface area contributed by atoms with Crippen LogP contribution in [-0.4, -0.2) is 4.98 Å². The number of benzene rings is 1. The van der Waals surface area contributed by atoms with E-state index in [1.807, 2.05) is 0 Å². The second-order valence-corrected chi connectivity index (χ2v) is 2.56. The summed E-state index contributed by atoms with van der Waals surface area (Å²) in [5.41, 5.74) is 5.71. The molecular formula is C9H7FN2. The van der Waals surface area contributed by atoms with E-state index in [1.54, 1.807) is 24.5 Å². The van der Waals surface area contributed by atoms with Crippen LogP contribution in [0.1, 0.15) is 0 Å². The van der Waals surface area contributed by atoms with Crippen molar-refractivity contribution < 1.29 is 4.39 Å². The molecule has 0 fully saturated rings. The average Bonchev–Trinajstić information content (AvgIpc) is 2.12. The molecule has 2 aromatic rings. The Hall–Kier alpha value is -1.64. The maximum atomic E-state index is 12.9. The highest BCUT2D eigenvalue weighted by Crippen LogP contribution is 2.22. The van der Waals surface area contributed by atoms with E-state index in [9.17, 15) is 4.39 Å². The monoisotopic (exact) mass is 162 g/mol. The lowest BCUT2D eigenvalue weighted by Gasteiger charge is -2.00. The minimum atomic E-state index is -0.381. The summed E-state index contributed by atoms with van der Waals surface area (Å²) in [4.78, 5) is 3.91. The highest BCUT2D eigenvalue weighted by molar-refractivity contribution is 5.92. The predicted octanol–water partition coefficient (Wildman–Crippen LogP) is 1.96. The molecule has 0 radical (unpaired) electrons.